The second kappa shape index (κ2) is 9.41. The molecule has 0 radical (unpaired) electrons. The lowest BCUT2D eigenvalue weighted by atomic mass is 9.98. The summed E-state index contributed by atoms with van der Waals surface area (Å²) in [6.07, 6.45) is 0.0811. The van der Waals surface area contributed by atoms with E-state index in [0.29, 0.717) is 12.8 Å². The summed E-state index contributed by atoms with van der Waals surface area (Å²) in [5, 5.41) is 40.5. The van der Waals surface area contributed by atoms with E-state index < -0.39 is 30.4 Å². The fourth-order valence-electron chi connectivity index (χ4n) is 2.97. The van der Waals surface area contributed by atoms with Crippen LogP contribution in [-0.4, -0.2) is 57.9 Å². The molecule has 1 aromatic carbocycles. The van der Waals surface area contributed by atoms with Crippen molar-refractivity contribution in [3.05, 3.63) is 28.3 Å². The lowest BCUT2D eigenvalue weighted by Gasteiger charge is -2.23. The van der Waals surface area contributed by atoms with Gasteiger partial charge in [0.15, 0.2) is 0 Å². The number of aliphatic hydroxyl groups excluding tert-OH is 3. The van der Waals surface area contributed by atoms with E-state index in [4.69, 9.17) is 21.1 Å². The highest BCUT2D eigenvalue weighted by atomic mass is 35.5. The molecule has 150 valence electrons. The molecule has 0 fully saturated rings. The van der Waals surface area contributed by atoms with Crippen LogP contribution in [0.2, 0.25) is 5.02 Å². The Bertz CT molecular complexity index is 704. The van der Waals surface area contributed by atoms with Crippen molar-refractivity contribution < 1.29 is 34.7 Å². The number of hydrogen-bond acceptors (Lipinski definition) is 7. The number of phenols is 1. The molecular formula is C19H25ClO7. The second-order valence-electron chi connectivity index (χ2n) is 6.61. The zero-order valence-electron chi connectivity index (χ0n) is 15.3. The maximum Gasteiger partial charge on any atom is 0.342 e. The minimum Gasteiger partial charge on any atom is -0.507 e. The van der Waals surface area contributed by atoms with Gasteiger partial charge in [-0.15, -0.1) is 0 Å². The highest BCUT2D eigenvalue weighted by Crippen LogP contribution is 2.38. The van der Waals surface area contributed by atoms with Gasteiger partial charge in [-0.05, 0) is 32.6 Å². The summed E-state index contributed by atoms with van der Waals surface area (Å²) >= 11 is 6.29. The van der Waals surface area contributed by atoms with E-state index in [2.05, 4.69) is 0 Å². The Labute approximate surface area is 162 Å². The molecule has 0 amide bonds. The SMILES string of the molecule is COc1cc(O)c2c(c1Cl)/C=C/C[C@H](O)[C@H](O)[C@@H](O)CCC[C@H](C)OC2=O. The van der Waals surface area contributed by atoms with Gasteiger partial charge in [0.1, 0.15) is 23.2 Å². The van der Waals surface area contributed by atoms with Crippen molar-refractivity contribution in [1.82, 2.24) is 0 Å². The van der Waals surface area contributed by atoms with Crippen molar-refractivity contribution in [2.24, 2.45) is 0 Å². The molecule has 1 aliphatic heterocycles. The molecule has 1 aromatic rings. The number of phenolic OH excluding ortho intramolecular Hbond substituents is 1. The van der Waals surface area contributed by atoms with Gasteiger partial charge in [0, 0.05) is 11.6 Å². The van der Waals surface area contributed by atoms with Crippen molar-refractivity contribution in [2.75, 3.05) is 7.11 Å². The first-order valence-electron chi connectivity index (χ1n) is 8.77. The van der Waals surface area contributed by atoms with Crippen LogP contribution < -0.4 is 4.74 Å². The number of esters is 1. The smallest absolute Gasteiger partial charge is 0.342 e. The molecule has 1 aliphatic rings. The summed E-state index contributed by atoms with van der Waals surface area (Å²) in [4.78, 5) is 12.6. The molecule has 0 unspecified atom stereocenters. The van der Waals surface area contributed by atoms with Gasteiger partial charge in [-0.2, -0.15) is 0 Å². The molecule has 4 atom stereocenters. The number of aliphatic hydroxyl groups is 3. The number of aromatic hydroxyl groups is 1. The molecule has 2 rings (SSSR count). The molecule has 1 heterocycles. The van der Waals surface area contributed by atoms with Gasteiger partial charge >= 0.3 is 5.97 Å². The topological polar surface area (TPSA) is 116 Å². The van der Waals surface area contributed by atoms with E-state index in [9.17, 15) is 25.2 Å². The van der Waals surface area contributed by atoms with Crippen molar-refractivity contribution in [1.29, 1.82) is 0 Å². The van der Waals surface area contributed by atoms with E-state index in [1.165, 1.54) is 25.3 Å². The third-order valence-electron chi connectivity index (χ3n) is 4.54. The Hall–Kier alpha value is -1.80. The largest absolute Gasteiger partial charge is 0.507 e. The normalized spacial score (nSPS) is 28.6. The number of hydrogen-bond donors (Lipinski definition) is 4. The monoisotopic (exact) mass is 400 g/mol. The number of carbonyl (C=O) groups excluding carboxylic acids is 1. The quantitative estimate of drug-likeness (QED) is 0.534. The molecule has 0 saturated heterocycles. The van der Waals surface area contributed by atoms with Crippen LogP contribution in [0, 0.1) is 0 Å². The number of fused-ring (bicyclic) bond motifs is 1. The summed E-state index contributed by atoms with van der Waals surface area (Å²) in [5.41, 5.74) is 0.0843. The number of cyclic esters (lactones) is 1. The Morgan fingerprint density at radius 1 is 1.22 bits per heavy atom. The van der Waals surface area contributed by atoms with E-state index in [-0.39, 0.29) is 40.5 Å². The summed E-state index contributed by atoms with van der Waals surface area (Å²) < 4.78 is 10.5. The molecule has 27 heavy (non-hydrogen) atoms. The van der Waals surface area contributed by atoms with Gasteiger partial charge in [0.05, 0.1) is 30.4 Å². The molecule has 0 aromatic heterocycles. The van der Waals surface area contributed by atoms with Crippen LogP contribution in [0.4, 0.5) is 0 Å². The minimum atomic E-state index is -1.30. The van der Waals surface area contributed by atoms with Gasteiger partial charge in [-0.3, -0.25) is 0 Å². The van der Waals surface area contributed by atoms with Crippen molar-refractivity contribution >= 4 is 23.6 Å². The number of methoxy groups -OCH3 is 1. The molecular weight excluding hydrogens is 376 g/mol. The number of carbonyl (C=O) groups is 1. The van der Waals surface area contributed by atoms with E-state index in [1.807, 2.05) is 0 Å². The first kappa shape index (κ1) is 21.5. The lowest BCUT2D eigenvalue weighted by Crippen LogP contribution is -2.37. The van der Waals surface area contributed by atoms with Gasteiger partial charge in [0.2, 0.25) is 0 Å². The maximum absolute atomic E-state index is 12.6. The van der Waals surface area contributed by atoms with Crippen LogP contribution in [0.15, 0.2) is 12.1 Å². The van der Waals surface area contributed by atoms with E-state index in [1.54, 1.807) is 6.92 Å². The standard InChI is InChI=1S/C19H25ClO7/c1-10-5-3-7-12(21)18(24)13(22)8-4-6-11-16(19(25)27-10)14(23)9-15(26-2)17(11)20/h4,6,9-10,12-13,18,21-24H,3,5,7-8H2,1-2H3/b6-4+/t10-,12-,13-,18+/m0/s1. The molecule has 8 heteroatoms. The Balaban J connectivity index is 2.48. The summed E-state index contributed by atoms with van der Waals surface area (Å²) in [6, 6.07) is 1.24. The molecule has 0 bridgehead atoms. The third kappa shape index (κ3) is 5.13. The highest BCUT2D eigenvalue weighted by Gasteiger charge is 2.27. The fraction of sp³-hybridized carbons (Fsp3) is 0.526. The van der Waals surface area contributed by atoms with E-state index in [0.717, 1.165) is 0 Å². The Morgan fingerprint density at radius 3 is 2.59 bits per heavy atom. The van der Waals surface area contributed by atoms with Crippen LogP contribution in [-0.2, 0) is 4.74 Å². The highest BCUT2D eigenvalue weighted by molar-refractivity contribution is 6.34. The summed E-state index contributed by atoms with van der Waals surface area (Å²) in [7, 11) is 1.38. The average Bonchev–Trinajstić information content (AvgIpc) is 2.62. The van der Waals surface area contributed by atoms with E-state index >= 15 is 0 Å². The van der Waals surface area contributed by atoms with Crippen molar-refractivity contribution in [3.63, 3.8) is 0 Å². The van der Waals surface area contributed by atoms with Crippen LogP contribution in [0.5, 0.6) is 11.5 Å². The number of ether oxygens (including phenoxy) is 2. The van der Waals surface area contributed by atoms with Crippen LogP contribution in [0.3, 0.4) is 0 Å². The number of rotatable bonds is 1. The Kier molecular flexibility index (Phi) is 7.49. The number of halogens is 1. The number of benzene rings is 1. The van der Waals surface area contributed by atoms with Crippen molar-refractivity contribution in [2.45, 2.75) is 57.0 Å². The predicted molar refractivity (Wildman–Crippen MR) is 100 cm³/mol. The molecule has 4 N–H and O–H groups in total. The molecule has 7 nitrogen and oxygen atoms in total. The van der Waals surface area contributed by atoms with Crippen LogP contribution in [0.25, 0.3) is 6.08 Å². The predicted octanol–water partition coefficient (Wildman–Crippen LogP) is 2.27. The Morgan fingerprint density at radius 2 is 1.93 bits per heavy atom. The minimum absolute atomic E-state index is 0.0113. The molecule has 0 spiro atoms. The zero-order chi connectivity index (χ0) is 20.1. The van der Waals surface area contributed by atoms with Crippen molar-refractivity contribution in [3.8, 4) is 11.5 Å². The fourth-order valence-corrected chi connectivity index (χ4v) is 3.26. The van der Waals surface area contributed by atoms with Gasteiger partial charge < -0.3 is 29.9 Å². The van der Waals surface area contributed by atoms with Crippen LogP contribution >= 0.6 is 11.6 Å². The first-order chi connectivity index (χ1) is 12.8. The summed E-state index contributed by atoms with van der Waals surface area (Å²) in [5.74, 6) is -0.894. The van der Waals surface area contributed by atoms with Gasteiger partial charge in [0.25, 0.3) is 0 Å². The van der Waals surface area contributed by atoms with Crippen LogP contribution in [0.1, 0.15) is 48.5 Å². The maximum atomic E-state index is 12.6. The molecule has 0 saturated carbocycles. The van der Waals surface area contributed by atoms with Gasteiger partial charge in [-0.1, -0.05) is 23.8 Å². The molecule has 0 aliphatic carbocycles. The van der Waals surface area contributed by atoms with Gasteiger partial charge in [-0.25, -0.2) is 4.79 Å². The second-order valence-corrected chi connectivity index (χ2v) is 6.99. The lowest BCUT2D eigenvalue weighted by molar-refractivity contribution is -0.0613. The summed E-state index contributed by atoms with van der Waals surface area (Å²) in [6.45, 7) is 1.69. The third-order valence-corrected chi connectivity index (χ3v) is 4.93. The first-order valence-corrected chi connectivity index (χ1v) is 9.15. The average molecular weight is 401 g/mol. The zero-order valence-corrected chi connectivity index (χ0v) is 16.0.